The molecule has 0 saturated heterocycles. The molecule has 34 heavy (non-hydrogen) atoms. The van der Waals surface area contributed by atoms with Crippen LogP contribution in [0.1, 0.15) is 35.6 Å². The van der Waals surface area contributed by atoms with Gasteiger partial charge in [0.15, 0.2) is 6.61 Å². The average Bonchev–Trinajstić information content (AvgIpc) is 3.56. The highest BCUT2D eigenvalue weighted by Gasteiger charge is 2.55. The van der Waals surface area contributed by atoms with Crippen LogP contribution in [0, 0.1) is 17.8 Å². The molecule has 2 saturated carbocycles. The number of amides is 1. The molecule has 2 fully saturated rings. The number of nitrogens with one attached hydrogen (secondary N) is 2. The summed E-state index contributed by atoms with van der Waals surface area (Å²) in [7, 11) is 1.61. The molecule has 2 N–H and O–H groups in total. The Hall–Kier alpha value is -2.71. The third kappa shape index (κ3) is 3.82. The van der Waals surface area contributed by atoms with Crippen LogP contribution in [0.25, 0.3) is 0 Å². The van der Waals surface area contributed by atoms with Gasteiger partial charge in [-0.15, -0.1) is 11.8 Å². The van der Waals surface area contributed by atoms with Gasteiger partial charge in [0.1, 0.15) is 11.5 Å². The predicted molar refractivity (Wildman–Crippen MR) is 134 cm³/mol. The van der Waals surface area contributed by atoms with Gasteiger partial charge in [-0.25, -0.2) is 0 Å². The third-order valence-electron chi connectivity index (χ3n) is 7.45. The molecule has 5 unspecified atom stereocenters. The summed E-state index contributed by atoms with van der Waals surface area (Å²) in [5.41, 5.74) is 1.78. The molecule has 2 bridgehead atoms. The summed E-state index contributed by atoms with van der Waals surface area (Å²) in [6, 6.07) is 15.2. The van der Waals surface area contributed by atoms with Gasteiger partial charge in [0, 0.05) is 27.3 Å². The van der Waals surface area contributed by atoms with Crippen molar-refractivity contribution >= 4 is 34.7 Å². The molecule has 176 valence electrons. The maximum atomic E-state index is 12.6. The predicted octanol–water partition coefficient (Wildman–Crippen LogP) is 5.11. The second-order valence-electron chi connectivity index (χ2n) is 9.28. The quantitative estimate of drug-likeness (QED) is 0.498. The molecule has 1 amide bonds. The van der Waals surface area contributed by atoms with Crippen molar-refractivity contribution < 1.29 is 14.3 Å². The zero-order valence-electron chi connectivity index (χ0n) is 18.8. The van der Waals surface area contributed by atoms with Gasteiger partial charge in [0.05, 0.1) is 12.1 Å². The number of hydrogen-bond acceptors (Lipinski definition) is 6. The Balaban J connectivity index is 1.25. The fourth-order valence-electron chi connectivity index (χ4n) is 6.08. The summed E-state index contributed by atoms with van der Waals surface area (Å²) >= 11 is 3.21. The third-order valence-corrected chi connectivity index (χ3v) is 10.1. The SMILES string of the molecule is COc1ccc(NC(=O)COc2ccccc2C2c3sc(=O)[nH]c3SC3C4CCC(C4)C23)cc1. The Kier molecular flexibility index (Phi) is 5.65. The van der Waals surface area contributed by atoms with Crippen LogP contribution in [0.4, 0.5) is 5.69 Å². The van der Waals surface area contributed by atoms with Crippen molar-refractivity contribution in [2.75, 3.05) is 19.0 Å². The molecular formula is C26H26N2O4S2. The largest absolute Gasteiger partial charge is 0.497 e. The van der Waals surface area contributed by atoms with Crippen molar-refractivity contribution in [3.8, 4) is 11.5 Å². The number of ether oxygens (including phenoxy) is 2. The number of methoxy groups -OCH3 is 1. The number of anilines is 1. The van der Waals surface area contributed by atoms with Crippen LogP contribution in [0.15, 0.2) is 58.4 Å². The number of hydrogen-bond donors (Lipinski definition) is 2. The highest BCUT2D eigenvalue weighted by molar-refractivity contribution is 8.00. The summed E-state index contributed by atoms with van der Waals surface area (Å²) < 4.78 is 11.3. The normalized spacial score (nSPS) is 26.6. The smallest absolute Gasteiger partial charge is 0.305 e. The summed E-state index contributed by atoms with van der Waals surface area (Å²) in [6.45, 7) is -0.0825. The van der Waals surface area contributed by atoms with Crippen LogP contribution in [0.3, 0.4) is 0 Å². The first-order chi connectivity index (χ1) is 16.6. The van der Waals surface area contributed by atoms with E-state index >= 15 is 0 Å². The van der Waals surface area contributed by atoms with E-state index in [9.17, 15) is 9.59 Å². The molecule has 2 aromatic carbocycles. The number of H-pyrrole nitrogens is 1. The highest BCUT2D eigenvalue weighted by atomic mass is 32.2. The topological polar surface area (TPSA) is 80.4 Å². The number of aromatic nitrogens is 1. The van der Waals surface area contributed by atoms with Gasteiger partial charge in [-0.2, -0.15) is 0 Å². The molecule has 5 atom stereocenters. The van der Waals surface area contributed by atoms with Crippen molar-refractivity contribution in [1.82, 2.24) is 4.98 Å². The van der Waals surface area contributed by atoms with E-state index in [-0.39, 0.29) is 23.3 Å². The number of rotatable bonds is 6. The van der Waals surface area contributed by atoms with Gasteiger partial charge >= 0.3 is 4.87 Å². The summed E-state index contributed by atoms with van der Waals surface area (Å²) in [4.78, 5) is 29.1. The zero-order chi connectivity index (χ0) is 23.2. The van der Waals surface area contributed by atoms with Gasteiger partial charge in [-0.05, 0) is 67.3 Å². The van der Waals surface area contributed by atoms with E-state index in [2.05, 4.69) is 16.4 Å². The molecule has 6 nitrogen and oxygen atoms in total. The van der Waals surface area contributed by atoms with Crippen molar-refractivity contribution in [3.63, 3.8) is 0 Å². The fourth-order valence-corrected chi connectivity index (χ4v) is 8.97. The van der Waals surface area contributed by atoms with Crippen LogP contribution in [0.5, 0.6) is 11.5 Å². The van der Waals surface area contributed by atoms with Crippen LogP contribution in [-0.4, -0.2) is 29.9 Å². The van der Waals surface area contributed by atoms with Crippen LogP contribution in [-0.2, 0) is 4.79 Å². The van der Waals surface area contributed by atoms with Gasteiger partial charge in [0.25, 0.3) is 5.91 Å². The lowest BCUT2D eigenvalue weighted by atomic mass is 9.74. The number of thioether (sulfide) groups is 1. The van der Waals surface area contributed by atoms with E-state index in [4.69, 9.17) is 9.47 Å². The van der Waals surface area contributed by atoms with Gasteiger partial charge in [-0.3, -0.25) is 9.59 Å². The lowest BCUT2D eigenvalue weighted by Crippen LogP contribution is -2.34. The Morgan fingerprint density at radius 2 is 1.91 bits per heavy atom. The van der Waals surface area contributed by atoms with E-state index in [1.54, 1.807) is 31.4 Å². The van der Waals surface area contributed by atoms with E-state index in [0.717, 1.165) is 32.9 Å². The monoisotopic (exact) mass is 494 g/mol. The number of carbonyl (C=O) groups is 1. The molecule has 0 radical (unpaired) electrons. The Labute approximate surface area is 206 Å². The maximum absolute atomic E-state index is 12.6. The zero-order valence-corrected chi connectivity index (χ0v) is 20.4. The molecule has 3 aliphatic rings. The van der Waals surface area contributed by atoms with Gasteiger partial charge in [0.2, 0.25) is 0 Å². The molecular weight excluding hydrogens is 468 g/mol. The number of fused-ring (bicyclic) bond motifs is 6. The van der Waals surface area contributed by atoms with Crippen molar-refractivity contribution in [3.05, 3.63) is 68.6 Å². The fraction of sp³-hybridized carbons (Fsp3) is 0.385. The first-order valence-corrected chi connectivity index (χ1v) is 13.4. The Morgan fingerprint density at radius 1 is 1.12 bits per heavy atom. The van der Waals surface area contributed by atoms with Crippen LogP contribution in [0.2, 0.25) is 0 Å². The van der Waals surface area contributed by atoms with Gasteiger partial charge < -0.3 is 19.8 Å². The number of carbonyl (C=O) groups excluding carboxylic acids is 1. The van der Waals surface area contributed by atoms with Crippen LogP contribution >= 0.6 is 23.1 Å². The lowest BCUT2D eigenvalue weighted by molar-refractivity contribution is -0.118. The molecule has 2 aliphatic carbocycles. The van der Waals surface area contributed by atoms with Crippen LogP contribution < -0.4 is 19.7 Å². The van der Waals surface area contributed by atoms with Gasteiger partial charge in [-0.1, -0.05) is 29.5 Å². The second kappa shape index (κ2) is 8.82. The second-order valence-corrected chi connectivity index (χ2v) is 11.5. The Bertz CT molecular complexity index is 1270. The average molecular weight is 495 g/mol. The first-order valence-electron chi connectivity index (χ1n) is 11.7. The van der Waals surface area contributed by atoms with Crippen molar-refractivity contribution in [2.45, 2.75) is 35.5 Å². The molecule has 6 rings (SSSR count). The minimum absolute atomic E-state index is 0.00656. The molecule has 1 aromatic heterocycles. The van der Waals surface area contributed by atoms with Crippen molar-refractivity contribution in [2.24, 2.45) is 17.8 Å². The lowest BCUT2D eigenvalue weighted by Gasteiger charge is -2.40. The molecule has 0 spiro atoms. The maximum Gasteiger partial charge on any atom is 0.305 e. The Morgan fingerprint density at radius 3 is 2.74 bits per heavy atom. The number of benzene rings is 2. The van der Waals surface area contributed by atoms with E-state index in [0.29, 0.717) is 22.8 Å². The summed E-state index contributed by atoms with van der Waals surface area (Å²) in [5.74, 6) is 3.27. The van der Waals surface area contributed by atoms with E-state index in [1.165, 1.54) is 30.6 Å². The number of para-hydroxylation sites is 1. The molecule has 1 aliphatic heterocycles. The number of thiazole rings is 1. The summed E-state index contributed by atoms with van der Waals surface area (Å²) in [6.07, 6.45) is 3.84. The van der Waals surface area contributed by atoms with Crippen molar-refractivity contribution in [1.29, 1.82) is 0 Å². The van der Waals surface area contributed by atoms with E-state index in [1.807, 2.05) is 30.0 Å². The number of aromatic amines is 1. The molecule has 2 heterocycles. The minimum atomic E-state index is -0.219. The van der Waals surface area contributed by atoms with E-state index < -0.39 is 0 Å². The highest BCUT2D eigenvalue weighted by Crippen LogP contribution is 2.64. The standard InChI is InChI=1S/C26H26N2O4S2/c1-31-17-10-8-16(9-11-17)27-20(29)13-32-19-5-3-2-4-18(19)22-21-14-6-7-15(12-14)23(21)33-25-24(22)34-26(30)28-25/h2-5,8-11,14-15,21-23H,6-7,12-13H2,1H3,(H,27,29)(H,28,30). The minimum Gasteiger partial charge on any atom is -0.497 e. The first kappa shape index (κ1) is 21.8. The molecule has 8 heteroatoms. The molecule has 3 aromatic rings. The summed E-state index contributed by atoms with van der Waals surface area (Å²) in [5, 5.41) is 4.44.